The molecule has 0 radical (unpaired) electrons. The lowest BCUT2D eigenvalue weighted by atomic mass is 10.00. The molecule has 1 saturated carbocycles. The van der Waals surface area contributed by atoms with Crippen LogP contribution in [0.15, 0.2) is 23.3 Å². The fraction of sp³-hybridized carbons (Fsp3) is 0.667. The van der Waals surface area contributed by atoms with Gasteiger partial charge in [0.05, 0.1) is 0 Å². The zero-order valence-corrected chi connectivity index (χ0v) is 10.9. The number of ketones is 1. The molecule has 0 aliphatic heterocycles. The third-order valence-electron chi connectivity index (χ3n) is 3.27. The molecule has 0 unspecified atom stereocenters. The molecule has 0 heterocycles. The van der Waals surface area contributed by atoms with Gasteiger partial charge in [0.1, 0.15) is 5.78 Å². The highest BCUT2D eigenvalue weighted by Gasteiger charge is 2.22. The first-order valence-corrected chi connectivity index (χ1v) is 6.41. The summed E-state index contributed by atoms with van der Waals surface area (Å²) in [6.45, 7) is 6.45. The zero-order chi connectivity index (χ0) is 12.0. The molecule has 1 atom stereocenters. The molecule has 1 nitrogen and oxygen atoms in total. The molecule has 0 saturated heterocycles. The predicted molar refractivity (Wildman–Crippen MR) is 69.4 cm³/mol. The molecule has 1 heteroatoms. The second-order valence-electron chi connectivity index (χ2n) is 5.16. The van der Waals surface area contributed by atoms with E-state index in [2.05, 4.69) is 32.9 Å². The molecule has 1 rings (SSSR count). The van der Waals surface area contributed by atoms with Crippen molar-refractivity contribution in [1.29, 1.82) is 0 Å². The Balaban J connectivity index is 2.28. The number of Topliss-reactive ketones (excluding diaryl/α,β-unsaturated/α-hetero) is 1. The highest BCUT2D eigenvalue weighted by molar-refractivity contribution is 5.82. The van der Waals surface area contributed by atoms with Crippen molar-refractivity contribution in [2.75, 3.05) is 0 Å². The predicted octanol–water partition coefficient (Wildman–Crippen LogP) is 4.44. The summed E-state index contributed by atoms with van der Waals surface area (Å²) in [6, 6.07) is 0. The second kappa shape index (κ2) is 6.67. The summed E-state index contributed by atoms with van der Waals surface area (Å²) in [4.78, 5) is 11.5. The van der Waals surface area contributed by atoms with E-state index in [0.717, 1.165) is 38.5 Å². The summed E-state index contributed by atoms with van der Waals surface area (Å²) in [5.74, 6) is 0.812. The van der Waals surface area contributed by atoms with Gasteiger partial charge in [-0.2, -0.15) is 0 Å². The van der Waals surface area contributed by atoms with Gasteiger partial charge < -0.3 is 0 Å². The lowest BCUT2D eigenvalue weighted by molar-refractivity contribution is -0.120. The Bertz CT molecular complexity index is 293. The van der Waals surface area contributed by atoms with Gasteiger partial charge in [-0.1, -0.05) is 23.3 Å². The van der Waals surface area contributed by atoms with Crippen LogP contribution in [0.4, 0.5) is 0 Å². The molecule has 1 fully saturated rings. The van der Waals surface area contributed by atoms with Gasteiger partial charge in [0.15, 0.2) is 0 Å². The first-order valence-electron chi connectivity index (χ1n) is 6.41. The average Bonchev–Trinajstić information content (AvgIpc) is 2.60. The Labute approximate surface area is 99.6 Å². The molecule has 0 aromatic rings. The van der Waals surface area contributed by atoms with Crippen LogP contribution in [0, 0.1) is 5.92 Å². The molecular weight excluding hydrogens is 196 g/mol. The SMILES string of the molecule is CC(C)=CCC/C(C)=C\C[C@H]1CCCC1=O. The van der Waals surface area contributed by atoms with Crippen LogP contribution in [0.5, 0.6) is 0 Å². The molecular formula is C15H24O. The molecule has 0 amide bonds. The van der Waals surface area contributed by atoms with Crippen LogP contribution in [0.3, 0.4) is 0 Å². The van der Waals surface area contributed by atoms with E-state index in [0.29, 0.717) is 11.7 Å². The van der Waals surface area contributed by atoms with Gasteiger partial charge in [-0.25, -0.2) is 0 Å². The fourth-order valence-corrected chi connectivity index (χ4v) is 2.17. The van der Waals surface area contributed by atoms with Crippen molar-refractivity contribution < 1.29 is 4.79 Å². The first-order chi connectivity index (χ1) is 7.59. The Morgan fingerprint density at radius 1 is 1.31 bits per heavy atom. The van der Waals surface area contributed by atoms with Crippen LogP contribution in [0.2, 0.25) is 0 Å². The van der Waals surface area contributed by atoms with Gasteiger partial charge in [-0.15, -0.1) is 0 Å². The van der Waals surface area contributed by atoms with E-state index in [4.69, 9.17) is 0 Å². The maximum atomic E-state index is 11.5. The third kappa shape index (κ3) is 4.78. The summed E-state index contributed by atoms with van der Waals surface area (Å²) in [5, 5.41) is 0. The maximum Gasteiger partial charge on any atom is 0.136 e. The van der Waals surface area contributed by atoms with Gasteiger partial charge in [-0.05, 0) is 52.9 Å². The third-order valence-corrected chi connectivity index (χ3v) is 3.27. The molecule has 16 heavy (non-hydrogen) atoms. The van der Waals surface area contributed by atoms with Crippen LogP contribution in [-0.2, 0) is 4.79 Å². The van der Waals surface area contributed by atoms with Crippen LogP contribution < -0.4 is 0 Å². The van der Waals surface area contributed by atoms with E-state index in [1.54, 1.807) is 0 Å². The minimum atomic E-state index is 0.332. The van der Waals surface area contributed by atoms with Crippen molar-refractivity contribution in [1.82, 2.24) is 0 Å². The standard InChI is InChI=1S/C15H24O/c1-12(2)6-4-7-13(3)10-11-14-8-5-9-15(14)16/h6,10,14H,4-5,7-9,11H2,1-3H3/b13-10-/t14-/m1/s1. The number of carbonyl (C=O) groups excluding carboxylic acids is 1. The number of hydrogen-bond donors (Lipinski definition) is 0. The van der Waals surface area contributed by atoms with Gasteiger partial charge in [0, 0.05) is 12.3 Å². The summed E-state index contributed by atoms with van der Waals surface area (Å²) in [7, 11) is 0. The van der Waals surface area contributed by atoms with Crippen molar-refractivity contribution in [2.45, 2.75) is 59.3 Å². The highest BCUT2D eigenvalue weighted by atomic mass is 16.1. The second-order valence-corrected chi connectivity index (χ2v) is 5.16. The lowest BCUT2D eigenvalue weighted by Crippen LogP contribution is -2.04. The number of rotatable bonds is 5. The minimum absolute atomic E-state index is 0.332. The molecule has 0 bridgehead atoms. The van der Waals surface area contributed by atoms with Gasteiger partial charge in [-0.3, -0.25) is 4.79 Å². The smallest absolute Gasteiger partial charge is 0.136 e. The summed E-state index contributed by atoms with van der Waals surface area (Å²) >= 11 is 0. The van der Waals surface area contributed by atoms with Gasteiger partial charge >= 0.3 is 0 Å². The van der Waals surface area contributed by atoms with Crippen molar-refractivity contribution in [3.05, 3.63) is 23.3 Å². The van der Waals surface area contributed by atoms with Crippen molar-refractivity contribution >= 4 is 5.78 Å². The number of carbonyl (C=O) groups is 1. The first kappa shape index (κ1) is 13.2. The van der Waals surface area contributed by atoms with E-state index >= 15 is 0 Å². The zero-order valence-electron chi connectivity index (χ0n) is 10.9. The number of hydrogen-bond acceptors (Lipinski definition) is 1. The Morgan fingerprint density at radius 3 is 2.62 bits per heavy atom. The van der Waals surface area contributed by atoms with E-state index in [9.17, 15) is 4.79 Å². The summed E-state index contributed by atoms with van der Waals surface area (Å²) in [6.07, 6.45) is 10.8. The van der Waals surface area contributed by atoms with Crippen LogP contribution >= 0.6 is 0 Å². The highest BCUT2D eigenvalue weighted by Crippen LogP contribution is 2.25. The molecule has 0 N–H and O–H groups in total. The Kier molecular flexibility index (Phi) is 5.51. The molecule has 0 aromatic carbocycles. The number of allylic oxidation sites excluding steroid dienone is 4. The summed E-state index contributed by atoms with van der Waals surface area (Å²) in [5.41, 5.74) is 2.82. The monoisotopic (exact) mass is 220 g/mol. The molecule has 0 aromatic heterocycles. The van der Waals surface area contributed by atoms with E-state index in [-0.39, 0.29) is 0 Å². The van der Waals surface area contributed by atoms with Gasteiger partial charge in [0.25, 0.3) is 0 Å². The van der Waals surface area contributed by atoms with Crippen molar-refractivity contribution in [2.24, 2.45) is 5.92 Å². The summed E-state index contributed by atoms with van der Waals surface area (Å²) < 4.78 is 0. The molecule has 1 aliphatic rings. The maximum absolute atomic E-state index is 11.5. The minimum Gasteiger partial charge on any atom is -0.299 e. The largest absolute Gasteiger partial charge is 0.299 e. The quantitative estimate of drug-likeness (QED) is 0.626. The van der Waals surface area contributed by atoms with Crippen LogP contribution in [0.25, 0.3) is 0 Å². The van der Waals surface area contributed by atoms with Crippen LogP contribution in [0.1, 0.15) is 59.3 Å². The Hall–Kier alpha value is -0.850. The van der Waals surface area contributed by atoms with Crippen molar-refractivity contribution in [3.63, 3.8) is 0 Å². The molecule has 90 valence electrons. The average molecular weight is 220 g/mol. The van der Waals surface area contributed by atoms with Crippen molar-refractivity contribution in [3.8, 4) is 0 Å². The van der Waals surface area contributed by atoms with E-state index in [1.165, 1.54) is 11.1 Å². The van der Waals surface area contributed by atoms with E-state index in [1.807, 2.05) is 0 Å². The molecule has 0 spiro atoms. The molecule has 1 aliphatic carbocycles. The van der Waals surface area contributed by atoms with Crippen LogP contribution in [-0.4, -0.2) is 5.78 Å². The van der Waals surface area contributed by atoms with E-state index < -0.39 is 0 Å². The lowest BCUT2D eigenvalue weighted by Gasteiger charge is -2.05. The Morgan fingerprint density at radius 2 is 2.06 bits per heavy atom. The normalized spacial score (nSPS) is 21.3. The van der Waals surface area contributed by atoms with Gasteiger partial charge in [0.2, 0.25) is 0 Å². The fourth-order valence-electron chi connectivity index (χ4n) is 2.17. The topological polar surface area (TPSA) is 17.1 Å².